The fourth-order valence-corrected chi connectivity index (χ4v) is 2.20. The Morgan fingerprint density at radius 3 is 2.84 bits per heavy atom. The zero-order chi connectivity index (χ0) is 13.8. The van der Waals surface area contributed by atoms with Crippen molar-refractivity contribution in [2.75, 3.05) is 13.2 Å². The van der Waals surface area contributed by atoms with Crippen LogP contribution >= 0.6 is 0 Å². The van der Waals surface area contributed by atoms with Crippen LogP contribution in [0.25, 0.3) is 11.0 Å². The van der Waals surface area contributed by atoms with Gasteiger partial charge >= 0.3 is 0 Å². The van der Waals surface area contributed by atoms with Crippen molar-refractivity contribution >= 4 is 11.0 Å². The van der Waals surface area contributed by atoms with Crippen LogP contribution in [0.1, 0.15) is 19.4 Å². The zero-order valence-electron chi connectivity index (χ0n) is 11.9. The standard InChI is InChI=1S/C15H23N3O/c1-11(2)13(9-19)8-16-7-12-4-5-15-14(6-12)17-10-18(15)3/h4-6,10-11,13,16,19H,7-9H2,1-3H3. The van der Waals surface area contributed by atoms with Gasteiger partial charge in [-0.25, -0.2) is 4.98 Å². The van der Waals surface area contributed by atoms with Crippen LogP contribution in [0.15, 0.2) is 24.5 Å². The highest BCUT2D eigenvalue weighted by Gasteiger charge is 2.11. The van der Waals surface area contributed by atoms with E-state index in [-0.39, 0.29) is 6.61 Å². The number of aromatic nitrogens is 2. The molecule has 0 spiro atoms. The Kier molecular flexibility index (Phi) is 4.56. The van der Waals surface area contributed by atoms with E-state index in [1.54, 1.807) is 0 Å². The third kappa shape index (κ3) is 3.33. The first-order valence-corrected chi connectivity index (χ1v) is 6.83. The minimum atomic E-state index is 0.240. The number of rotatable bonds is 6. The molecule has 19 heavy (non-hydrogen) atoms. The molecule has 0 aliphatic rings. The monoisotopic (exact) mass is 261 g/mol. The second kappa shape index (κ2) is 6.17. The maximum atomic E-state index is 9.28. The van der Waals surface area contributed by atoms with Crippen molar-refractivity contribution in [2.45, 2.75) is 20.4 Å². The molecule has 1 aromatic carbocycles. The molecule has 2 N–H and O–H groups in total. The van der Waals surface area contributed by atoms with E-state index in [1.165, 1.54) is 5.56 Å². The summed E-state index contributed by atoms with van der Waals surface area (Å²) in [5.41, 5.74) is 3.41. The summed E-state index contributed by atoms with van der Waals surface area (Å²) in [6, 6.07) is 6.34. The van der Waals surface area contributed by atoms with Crippen molar-refractivity contribution in [2.24, 2.45) is 18.9 Å². The van der Waals surface area contributed by atoms with Crippen LogP contribution in [-0.4, -0.2) is 27.8 Å². The lowest BCUT2D eigenvalue weighted by Gasteiger charge is -2.18. The number of fused-ring (bicyclic) bond motifs is 1. The van der Waals surface area contributed by atoms with Crippen LogP contribution in [0, 0.1) is 11.8 Å². The number of nitrogens with one attached hydrogen (secondary N) is 1. The highest BCUT2D eigenvalue weighted by molar-refractivity contribution is 5.75. The average molecular weight is 261 g/mol. The molecule has 2 aromatic rings. The molecule has 0 amide bonds. The van der Waals surface area contributed by atoms with E-state index < -0.39 is 0 Å². The molecular weight excluding hydrogens is 238 g/mol. The number of hydrogen-bond acceptors (Lipinski definition) is 3. The molecule has 1 aromatic heterocycles. The number of nitrogens with zero attached hydrogens (tertiary/aromatic N) is 2. The van der Waals surface area contributed by atoms with Crippen LogP contribution in [-0.2, 0) is 13.6 Å². The molecule has 1 heterocycles. The summed E-state index contributed by atoms with van der Waals surface area (Å²) < 4.78 is 2.02. The number of hydrogen-bond donors (Lipinski definition) is 2. The SMILES string of the molecule is CC(C)C(CO)CNCc1ccc2c(c1)ncn2C. The van der Waals surface area contributed by atoms with Gasteiger partial charge in [-0.3, -0.25) is 0 Å². The van der Waals surface area contributed by atoms with Gasteiger partial charge in [-0.05, 0) is 29.5 Å². The number of aliphatic hydroxyl groups is 1. The molecule has 0 fully saturated rings. The minimum Gasteiger partial charge on any atom is -0.396 e. The third-order valence-electron chi connectivity index (χ3n) is 3.70. The molecule has 1 atom stereocenters. The Labute approximate surface area is 114 Å². The summed E-state index contributed by atoms with van der Waals surface area (Å²) in [6.07, 6.45) is 1.84. The van der Waals surface area contributed by atoms with E-state index in [4.69, 9.17) is 0 Å². The first-order chi connectivity index (χ1) is 9.11. The van der Waals surface area contributed by atoms with Gasteiger partial charge in [-0.15, -0.1) is 0 Å². The third-order valence-corrected chi connectivity index (χ3v) is 3.70. The molecule has 0 saturated heterocycles. The van der Waals surface area contributed by atoms with Gasteiger partial charge in [-0.1, -0.05) is 19.9 Å². The van der Waals surface area contributed by atoms with Gasteiger partial charge in [0.2, 0.25) is 0 Å². The predicted molar refractivity (Wildman–Crippen MR) is 77.8 cm³/mol. The minimum absolute atomic E-state index is 0.240. The van der Waals surface area contributed by atoms with Crippen molar-refractivity contribution < 1.29 is 5.11 Å². The highest BCUT2D eigenvalue weighted by Crippen LogP contribution is 2.14. The summed E-state index contributed by atoms with van der Waals surface area (Å²) in [6.45, 7) is 6.18. The molecular formula is C15H23N3O. The Morgan fingerprint density at radius 2 is 2.16 bits per heavy atom. The highest BCUT2D eigenvalue weighted by atomic mass is 16.3. The van der Waals surface area contributed by atoms with Gasteiger partial charge in [0.25, 0.3) is 0 Å². The lowest BCUT2D eigenvalue weighted by molar-refractivity contribution is 0.186. The fourth-order valence-electron chi connectivity index (χ4n) is 2.20. The first-order valence-electron chi connectivity index (χ1n) is 6.83. The van der Waals surface area contributed by atoms with Crippen molar-refractivity contribution in [3.8, 4) is 0 Å². The Morgan fingerprint density at radius 1 is 1.37 bits per heavy atom. The molecule has 104 valence electrons. The molecule has 2 rings (SSSR count). The quantitative estimate of drug-likeness (QED) is 0.835. The predicted octanol–water partition coefficient (Wildman–Crippen LogP) is 1.93. The molecule has 0 aliphatic heterocycles. The van der Waals surface area contributed by atoms with Gasteiger partial charge in [0.15, 0.2) is 0 Å². The van der Waals surface area contributed by atoms with Crippen molar-refractivity contribution in [1.82, 2.24) is 14.9 Å². The van der Waals surface area contributed by atoms with Crippen molar-refractivity contribution in [3.05, 3.63) is 30.1 Å². The van der Waals surface area contributed by atoms with E-state index in [1.807, 2.05) is 17.9 Å². The maximum absolute atomic E-state index is 9.28. The van der Waals surface area contributed by atoms with Crippen LogP contribution in [0.3, 0.4) is 0 Å². The van der Waals surface area contributed by atoms with E-state index in [9.17, 15) is 5.11 Å². The molecule has 1 unspecified atom stereocenters. The summed E-state index contributed by atoms with van der Waals surface area (Å²) >= 11 is 0. The number of aryl methyl sites for hydroxylation is 1. The summed E-state index contributed by atoms with van der Waals surface area (Å²) in [5, 5.41) is 12.7. The summed E-state index contributed by atoms with van der Waals surface area (Å²) in [4.78, 5) is 4.36. The second-order valence-corrected chi connectivity index (χ2v) is 5.50. The van der Waals surface area contributed by atoms with Gasteiger partial charge in [0, 0.05) is 26.7 Å². The topological polar surface area (TPSA) is 50.1 Å². The van der Waals surface area contributed by atoms with Gasteiger partial charge in [0.05, 0.1) is 17.4 Å². The zero-order valence-corrected chi connectivity index (χ0v) is 11.9. The largest absolute Gasteiger partial charge is 0.396 e. The lowest BCUT2D eigenvalue weighted by Crippen LogP contribution is -2.28. The normalized spacial score (nSPS) is 13.3. The number of aliphatic hydroxyl groups excluding tert-OH is 1. The van der Waals surface area contributed by atoms with Crippen LogP contribution in [0.5, 0.6) is 0 Å². The molecule has 4 nitrogen and oxygen atoms in total. The van der Waals surface area contributed by atoms with Gasteiger partial charge < -0.3 is 15.0 Å². The average Bonchev–Trinajstić information content (AvgIpc) is 2.75. The lowest BCUT2D eigenvalue weighted by atomic mass is 9.97. The Balaban J connectivity index is 1.94. The molecule has 0 radical (unpaired) electrons. The first kappa shape index (κ1) is 14.0. The second-order valence-electron chi connectivity index (χ2n) is 5.50. The smallest absolute Gasteiger partial charge is 0.0955 e. The van der Waals surface area contributed by atoms with E-state index >= 15 is 0 Å². The van der Waals surface area contributed by atoms with Crippen molar-refractivity contribution in [3.63, 3.8) is 0 Å². The van der Waals surface area contributed by atoms with E-state index in [2.05, 4.69) is 42.3 Å². The molecule has 4 heteroatoms. The maximum Gasteiger partial charge on any atom is 0.0955 e. The van der Waals surface area contributed by atoms with E-state index in [0.717, 1.165) is 24.1 Å². The van der Waals surface area contributed by atoms with E-state index in [0.29, 0.717) is 11.8 Å². The molecule has 0 saturated carbocycles. The van der Waals surface area contributed by atoms with Crippen LogP contribution in [0.4, 0.5) is 0 Å². The summed E-state index contributed by atoms with van der Waals surface area (Å²) in [7, 11) is 2.00. The Bertz CT molecular complexity index is 533. The van der Waals surface area contributed by atoms with Crippen molar-refractivity contribution in [1.29, 1.82) is 0 Å². The molecule has 0 bridgehead atoms. The van der Waals surface area contributed by atoms with Gasteiger partial charge in [0.1, 0.15) is 0 Å². The van der Waals surface area contributed by atoms with Gasteiger partial charge in [-0.2, -0.15) is 0 Å². The fraction of sp³-hybridized carbons (Fsp3) is 0.533. The van der Waals surface area contributed by atoms with Crippen LogP contribution < -0.4 is 5.32 Å². The van der Waals surface area contributed by atoms with Crippen LogP contribution in [0.2, 0.25) is 0 Å². The number of benzene rings is 1. The summed E-state index contributed by atoms with van der Waals surface area (Å²) in [5.74, 6) is 0.814. The Hall–Kier alpha value is -1.39. The number of imidazole rings is 1. The molecule has 0 aliphatic carbocycles.